The van der Waals surface area contributed by atoms with Crippen molar-refractivity contribution >= 4 is 49.8 Å². The number of nitrogens with one attached hydrogen (secondary N) is 1. The van der Waals surface area contributed by atoms with E-state index < -0.39 is 22.0 Å². The Balaban J connectivity index is 1.61. The second-order valence-electron chi connectivity index (χ2n) is 6.58. The van der Waals surface area contributed by atoms with E-state index in [4.69, 9.17) is 9.47 Å². The summed E-state index contributed by atoms with van der Waals surface area (Å²) in [6.45, 7) is 1.81. The summed E-state index contributed by atoms with van der Waals surface area (Å²) in [6.07, 6.45) is -1.07. The average Bonchev–Trinajstić information content (AvgIpc) is 3.25. The predicted octanol–water partition coefficient (Wildman–Crippen LogP) is 3.25. The van der Waals surface area contributed by atoms with Crippen molar-refractivity contribution in [1.82, 2.24) is 10.2 Å². The van der Waals surface area contributed by atoms with Crippen LogP contribution in [0.2, 0.25) is 0 Å². The molecule has 1 unspecified atom stereocenters. The minimum absolute atomic E-state index is 0.0829. The number of rotatable bonds is 7. The number of thioether (sulfide) groups is 1. The standard InChI is InChI=1S/C20H20N4O5S3/c1-3-30-20-23-22-19(31-20)21-18(25)17-12-24(15-6-4-5-7-16(15)29-17)32(26,27)14-10-8-13(28-2)9-11-14/h4-11,17H,3,12H2,1-2H3,(H,21,22,25). The summed E-state index contributed by atoms with van der Waals surface area (Å²) in [5, 5.41) is 11.0. The van der Waals surface area contributed by atoms with Gasteiger partial charge >= 0.3 is 0 Å². The summed E-state index contributed by atoms with van der Waals surface area (Å²) < 4.78 is 39.7. The van der Waals surface area contributed by atoms with Crippen LogP contribution in [0.25, 0.3) is 0 Å². The first kappa shape index (κ1) is 22.4. The first-order chi connectivity index (χ1) is 15.4. The lowest BCUT2D eigenvalue weighted by Crippen LogP contribution is -2.48. The van der Waals surface area contributed by atoms with Gasteiger partial charge in [0.1, 0.15) is 11.5 Å². The number of aromatic nitrogens is 2. The number of hydrogen-bond acceptors (Lipinski definition) is 9. The molecule has 0 saturated carbocycles. The first-order valence-electron chi connectivity index (χ1n) is 9.62. The third kappa shape index (κ3) is 4.52. The van der Waals surface area contributed by atoms with Crippen LogP contribution in [0, 0.1) is 0 Å². The number of amides is 1. The zero-order valence-electron chi connectivity index (χ0n) is 17.2. The van der Waals surface area contributed by atoms with E-state index in [9.17, 15) is 13.2 Å². The van der Waals surface area contributed by atoms with Gasteiger partial charge in [0.25, 0.3) is 15.9 Å². The van der Waals surface area contributed by atoms with Crippen LogP contribution in [-0.2, 0) is 14.8 Å². The van der Waals surface area contributed by atoms with Crippen LogP contribution in [0.5, 0.6) is 11.5 Å². The van der Waals surface area contributed by atoms with Crippen LogP contribution >= 0.6 is 23.1 Å². The fourth-order valence-corrected chi connectivity index (χ4v) is 6.20. The molecule has 1 aliphatic heterocycles. The summed E-state index contributed by atoms with van der Waals surface area (Å²) in [4.78, 5) is 13.0. The Morgan fingerprint density at radius 1 is 1.25 bits per heavy atom. The quantitative estimate of drug-likeness (QED) is 0.395. The third-order valence-corrected chi connectivity index (χ3v) is 8.23. The van der Waals surface area contributed by atoms with Crippen LogP contribution in [-0.4, -0.2) is 50.0 Å². The van der Waals surface area contributed by atoms with Crippen molar-refractivity contribution in [3.8, 4) is 11.5 Å². The van der Waals surface area contributed by atoms with Gasteiger partial charge in [-0.25, -0.2) is 8.42 Å². The zero-order valence-corrected chi connectivity index (χ0v) is 19.7. The zero-order chi connectivity index (χ0) is 22.7. The summed E-state index contributed by atoms with van der Waals surface area (Å²) in [6, 6.07) is 12.8. The lowest BCUT2D eigenvalue weighted by atomic mass is 10.2. The Morgan fingerprint density at radius 3 is 2.72 bits per heavy atom. The fraction of sp³-hybridized carbons (Fsp3) is 0.250. The Kier molecular flexibility index (Phi) is 6.53. The largest absolute Gasteiger partial charge is 0.497 e. The highest BCUT2D eigenvalue weighted by molar-refractivity contribution is 8.01. The van der Waals surface area contributed by atoms with Crippen molar-refractivity contribution in [1.29, 1.82) is 0 Å². The number of fused-ring (bicyclic) bond motifs is 1. The lowest BCUT2D eigenvalue weighted by molar-refractivity contribution is -0.122. The second kappa shape index (κ2) is 9.35. The van der Waals surface area contributed by atoms with E-state index in [1.807, 2.05) is 6.92 Å². The number of sulfonamides is 1. The maximum absolute atomic E-state index is 13.4. The van der Waals surface area contributed by atoms with Crippen molar-refractivity contribution in [3.05, 3.63) is 48.5 Å². The van der Waals surface area contributed by atoms with Crippen molar-refractivity contribution in [3.63, 3.8) is 0 Å². The molecule has 1 N–H and O–H groups in total. The van der Waals surface area contributed by atoms with Gasteiger partial charge in [0, 0.05) is 0 Å². The maximum atomic E-state index is 13.4. The normalized spacial score (nSPS) is 15.6. The molecule has 0 radical (unpaired) electrons. The Hall–Kier alpha value is -2.83. The minimum atomic E-state index is -3.95. The molecule has 9 nitrogen and oxygen atoms in total. The molecular weight excluding hydrogens is 472 g/mol. The van der Waals surface area contributed by atoms with E-state index in [1.165, 1.54) is 46.6 Å². The second-order valence-corrected chi connectivity index (χ2v) is 10.9. The van der Waals surface area contributed by atoms with Gasteiger partial charge in [0.05, 0.1) is 24.2 Å². The van der Waals surface area contributed by atoms with Crippen LogP contribution < -0.4 is 19.1 Å². The predicted molar refractivity (Wildman–Crippen MR) is 123 cm³/mol. The van der Waals surface area contributed by atoms with E-state index in [-0.39, 0.29) is 11.4 Å². The Bertz CT molecular complexity index is 1210. The summed E-state index contributed by atoms with van der Waals surface area (Å²) >= 11 is 2.77. The average molecular weight is 493 g/mol. The van der Waals surface area contributed by atoms with Gasteiger partial charge in [0.2, 0.25) is 5.13 Å². The molecule has 4 rings (SSSR count). The molecule has 0 spiro atoms. The number of benzene rings is 2. The van der Waals surface area contributed by atoms with Gasteiger partial charge in [-0.1, -0.05) is 42.2 Å². The van der Waals surface area contributed by atoms with Gasteiger partial charge in [-0.2, -0.15) is 0 Å². The van der Waals surface area contributed by atoms with Gasteiger partial charge in [-0.3, -0.25) is 14.4 Å². The van der Waals surface area contributed by atoms with Crippen molar-refractivity contribution < 1.29 is 22.7 Å². The molecule has 1 aliphatic rings. The molecular formula is C20H20N4O5S3. The molecule has 1 atom stereocenters. The highest BCUT2D eigenvalue weighted by atomic mass is 32.2. The van der Waals surface area contributed by atoms with Crippen LogP contribution in [0.3, 0.4) is 0 Å². The number of anilines is 2. The molecule has 2 aromatic carbocycles. The molecule has 0 saturated heterocycles. The smallest absolute Gasteiger partial charge is 0.269 e. The third-order valence-electron chi connectivity index (χ3n) is 4.58. The van der Waals surface area contributed by atoms with E-state index in [0.717, 1.165) is 10.1 Å². The SMILES string of the molecule is CCSc1nnc(NC(=O)C2CN(S(=O)(=O)c3ccc(OC)cc3)c3ccccc3O2)s1. The van der Waals surface area contributed by atoms with Crippen molar-refractivity contribution in [2.45, 2.75) is 22.3 Å². The number of carbonyl (C=O) groups excluding carboxylic acids is 1. The molecule has 12 heteroatoms. The lowest BCUT2D eigenvalue weighted by Gasteiger charge is -2.34. The summed E-state index contributed by atoms with van der Waals surface area (Å²) in [5.74, 6) is 1.18. The topological polar surface area (TPSA) is 111 Å². The van der Waals surface area contributed by atoms with E-state index >= 15 is 0 Å². The number of ether oxygens (including phenoxy) is 2. The van der Waals surface area contributed by atoms with Gasteiger partial charge < -0.3 is 9.47 Å². The maximum Gasteiger partial charge on any atom is 0.269 e. The molecule has 0 fully saturated rings. The summed E-state index contributed by atoms with van der Waals surface area (Å²) in [7, 11) is -2.45. The molecule has 32 heavy (non-hydrogen) atoms. The molecule has 0 bridgehead atoms. The molecule has 0 aliphatic carbocycles. The van der Waals surface area contributed by atoms with Crippen LogP contribution in [0.15, 0.2) is 57.8 Å². The highest BCUT2D eigenvalue weighted by Crippen LogP contribution is 2.37. The molecule has 1 amide bonds. The number of para-hydroxylation sites is 2. The number of nitrogens with zero attached hydrogens (tertiary/aromatic N) is 3. The fourth-order valence-electron chi connectivity index (χ4n) is 3.07. The molecule has 168 valence electrons. The number of hydrogen-bond donors (Lipinski definition) is 1. The van der Waals surface area contributed by atoms with E-state index in [1.54, 1.807) is 36.4 Å². The molecule has 2 heterocycles. The van der Waals surface area contributed by atoms with Gasteiger partial charge in [-0.15, -0.1) is 10.2 Å². The van der Waals surface area contributed by atoms with Gasteiger partial charge in [0.15, 0.2) is 10.4 Å². The van der Waals surface area contributed by atoms with E-state index in [0.29, 0.717) is 22.3 Å². The van der Waals surface area contributed by atoms with Crippen molar-refractivity contribution in [2.75, 3.05) is 29.0 Å². The number of methoxy groups -OCH3 is 1. The monoisotopic (exact) mass is 492 g/mol. The first-order valence-corrected chi connectivity index (χ1v) is 12.9. The Morgan fingerprint density at radius 2 is 2.00 bits per heavy atom. The van der Waals surface area contributed by atoms with Crippen molar-refractivity contribution in [2.24, 2.45) is 0 Å². The van der Waals surface area contributed by atoms with E-state index in [2.05, 4.69) is 15.5 Å². The van der Waals surface area contributed by atoms with Gasteiger partial charge in [-0.05, 0) is 42.2 Å². The molecule has 1 aromatic heterocycles. The van der Waals surface area contributed by atoms with Crippen LogP contribution in [0.4, 0.5) is 10.8 Å². The summed E-state index contributed by atoms with van der Waals surface area (Å²) in [5.41, 5.74) is 0.366. The highest BCUT2D eigenvalue weighted by Gasteiger charge is 2.37. The minimum Gasteiger partial charge on any atom is -0.497 e. The Labute approximate surface area is 193 Å². The molecule has 3 aromatic rings. The number of carbonyl (C=O) groups is 1. The van der Waals surface area contributed by atoms with Crippen LogP contribution in [0.1, 0.15) is 6.92 Å².